The molecule has 2 unspecified atom stereocenters. The van der Waals surface area contributed by atoms with Gasteiger partial charge in [-0.15, -0.1) is 0 Å². The first-order chi connectivity index (χ1) is 9.81. The highest BCUT2D eigenvalue weighted by Crippen LogP contribution is 2.26. The molecule has 0 saturated heterocycles. The number of nitrogens with one attached hydrogen (secondary N) is 1. The lowest BCUT2D eigenvalue weighted by Gasteiger charge is -2.29. The third kappa shape index (κ3) is 4.41. The molecule has 112 valence electrons. The standard InChI is InChI=1S/C17H27NO2/c1-3-19-16-10-6-7-11-17(16)20-13-12-18-15-9-5-4-8-14(15)2/h6-7,10-11,14-15,18H,3-5,8-9,12-13H2,1-2H3. The van der Waals surface area contributed by atoms with E-state index in [9.17, 15) is 0 Å². The van der Waals surface area contributed by atoms with Crippen LogP contribution in [-0.4, -0.2) is 25.8 Å². The summed E-state index contributed by atoms with van der Waals surface area (Å²) in [4.78, 5) is 0. The lowest BCUT2D eigenvalue weighted by Crippen LogP contribution is -2.39. The summed E-state index contributed by atoms with van der Waals surface area (Å²) in [6.07, 6.45) is 5.40. The maximum atomic E-state index is 5.83. The zero-order valence-electron chi connectivity index (χ0n) is 12.7. The molecule has 2 rings (SSSR count). The van der Waals surface area contributed by atoms with Gasteiger partial charge in [-0.2, -0.15) is 0 Å². The molecule has 0 aromatic heterocycles. The molecule has 20 heavy (non-hydrogen) atoms. The summed E-state index contributed by atoms with van der Waals surface area (Å²) in [7, 11) is 0. The Morgan fingerprint density at radius 1 is 1.10 bits per heavy atom. The van der Waals surface area contributed by atoms with Gasteiger partial charge in [0.2, 0.25) is 0 Å². The van der Waals surface area contributed by atoms with Crippen molar-refractivity contribution in [3.8, 4) is 11.5 Å². The Hall–Kier alpha value is -1.22. The van der Waals surface area contributed by atoms with Crippen molar-refractivity contribution in [3.05, 3.63) is 24.3 Å². The van der Waals surface area contributed by atoms with Gasteiger partial charge in [0.15, 0.2) is 11.5 Å². The average molecular weight is 277 g/mol. The van der Waals surface area contributed by atoms with E-state index < -0.39 is 0 Å². The Balaban J connectivity index is 1.73. The molecule has 1 aromatic rings. The maximum absolute atomic E-state index is 5.83. The molecular weight excluding hydrogens is 250 g/mol. The fourth-order valence-corrected chi connectivity index (χ4v) is 2.87. The first kappa shape index (κ1) is 15.2. The molecule has 1 fully saturated rings. The van der Waals surface area contributed by atoms with E-state index >= 15 is 0 Å². The fourth-order valence-electron chi connectivity index (χ4n) is 2.87. The fraction of sp³-hybridized carbons (Fsp3) is 0.647. The summed E-state index contributed by atoms with van der Waals surface area (Å²) in [6, 6.07) is 8.53. The zero-order chi connectivity index (χ0) is 14.2. The van der Waals surface area contributed by atoms with E-state index in [1.54, 1.807) is 0 Å². The highest BCUT2D eigenvalue weighted by atomic mass is 16.5. The average Bonchev–Trinajstić information content (AvgIpc) is 2.47. The molecule has 0 heterocycles. The maximum Gasteiger partial charge on any atom is 0.161 e. The Bertz CT molecular complexity index is 394. The lowest BCUT2D eigenvalue weighted by atomic mass is 9.86. The highest BCUT2D eigenvalue weighted by molar-refractivity contribution is 5.39. The van der Waals surface area contributed by atoms with Gasteiger partial charge in [-0.25, -0.2) is 0 Å². The molecule has 2 atom stereocenters. The predicted molar refractivity (Wildman–Crippen MR) is 82.5 cm³/mol. The largest absolute Gasteiger partial charge is 0.490 e. The van der Waals surface area contributed by atoms with Crippen LogP contribution in [0.5, 0.6) is 11.5 Å². The first-order valence-electron chi connectivity index (χ1n) is 7.89. The lowest BCUT2D eigenvalue weighted by molar-refractivity contribution is 0.242. The minimum absolute atomic E-state index is 0.662. The number of benzene rings is 1. The summed E-state index contributed by atoms with van der Waals surface area (Å²) >= 11 is 0. The van der Waals surface area contributed by atoms with Crippen molar-refractivity contribution in [1.82, 2.24) is 5.32 Å². The van der Waals surface area contributed by atoms with Gasteiger partial charge < -0.3 is 14.8 Å². The summed E-state index contributed by atoms with van der Waals surface area (Å²) in [5, 5.41) is 3.63. The number of ether oxygens (including phenoxy) is 2. The molecule has 0 spiro atoms. The molecule has 0 amide bonds. The molecule has 1 aliphatic rings. The second-order valence-electron chi connectivity index (χ2n) is 5.55. The third-order valence-electron chi connectivity index (χ3n) is 4.03. The Morgan fingerprint density at radius 3 is 2.50 bits per heavy atom. The molecule has 3 heteroatoms. The molecule has 3 nitrogen and oxygen atoms in total. The van der Waals surface area contributed by atoms with Gasteiger partial charge in [-0.05, 0) is 37.8 Å². The van der Waals surface area contributed by atoms with Gasteiger partial charge >= 0.3 is 0 Å². The van der Waals surface area contributed by atoms with E-state index in [1.165, 1.54) is 25.7 Å². The van der Waals surface area contributed by atoms with E-state index in [0.717, 1.165) is 24.0 Å². The van der Waals surface area contributed by atoms with Gasteiger partial charge in [-0.3, -0.25) is 0 Å². The second-order valence-corrected chi connectivity index (χ2v) is 5.55. The van der Waals surface area contributed by atoms with Crippen molar-refractivity contribution in [1.29, 1.82) is 0 Å². The number of rotatable bonds is 7. The van der Waals surface area contributed by atoms with Crippen LogP contribution >= 0.6 is 0 Å². The normalized spacial score (nSPS) is 22.5. The van der Waals surface area contributed by atoms with E-state index in [4.69, 9.17) is 9.47 Å². The van der Waals surface area contributed by atoms with Gasteiger partial charge in [0.25, 0.3) is 0 Å². The van der Waals surface area contributed by atoms with Crippen LogP contribution in [0.25, 0.3) is 0 Å². The number of hydrogen-bond acceptors (Lipinski definition) is 3. The SMILES string of the molecule is CCOc1ccccc1OCCNC1CCCCC1C. The van der Waals surface area contributed by atoms with Gasteiger partial charge in [0, 0.05) is 12.6 Å². The first-order valence-corrected chi connectivity index (χ1v) is 7.89. The van der Waals surface area contributed by atoms with E-state index in [1.807, 2.05) is 31.2 Å². The van der Waals surface area contributed by atoms with Crippen molar-refractivity contribution in [3.63, 3.8) is 0 Å². The van der Waals surface area contributed by atoms with Gasteiger partial charge in [0.05, 0.1) is 6.61 Å². The van der Waals surface area contributed by atoms with E-state index in [2.05, 4.69) is 12.2 Å². The third-order valence-corrected chi connectivity index (χ3v) is 4.03. The van der Waals surface area contributed by atoms with Crippen LogP contribution in [0, 0.1) is 5.92 Å². The van der Waals surface area contributed by atoms with E-state index in [0.29, 0.717) is 19.3 Å². The van der Waals surface area contributed by atoms with Crippen molar-refractivity contribution >= 4 is 0 Å². The van der Waals surface area contributed by atoms with Gasteiger partial charge in [-0.1, -0.05) is 31.9 Å². The highest BCUT2D eigenvalue weighted by Gasteiger charge is 2.20. The molecular formula is C17H27NO2. The smallest absolute Gasteiger partial charge is 0.161 e. The van der Waals surface area contributed by atoms with Crippen LogP contribution in [0.4, 0.5) is 0 Å². The zero-order valence-corrected chi connectivity index (χ0v) is 12.7. The van der Waals surface area contributed by atoms with Crippen molar-refractivity contribution in [2.45, 2.75) is 45.6 Å². The molecule has 0 aliphatic heterocycles. The Morgan fingerprint density at radius 2 is 1.80 bits per heavy atom. The van der Waals surface area contributed by atoms with Crippen LogP contribution in [-0.2, 0) is 0 Å². The summed E-state index contributed by atoms with van der Waals surface area (Å²) < 4.78 is 11.4. The molecule has 1 aromatic carbocycles. The number of para-hydroxylation sites is 2. The minimum Gasteiger partial charge on any atom is -0.490 e. The van der Waals surface area contributed by atoms with Crippen molar-refractivity contribution in [2.24, 2.45) is 5.92 Å². The van der Waals surface area contributed by atoms with E-state index in [-0.39, 0.29) is 0 Å². The molecule has 1 N–H and O–H groups in total. The Labute approximate surface area is 122 Å². The minimum atomic E-state index is 0.662. The van der Waals surface area contributed by atoms with Crippen LogP contribution in [0.15, 0.2) is 24.3 Å². The molecule has 0 bridgehead atoms. The molecule has 1 saturated carbocycles. The summed E-state index contributed by atoms with van der Waals surface area (Å²) in [6.45, 7) is 6.59. The predicted octanol–water partition coefficient (Wildman–Crippen LogP) is 3.63. The Kier molecular flexibility index (Phi) is 6.19. The van der Waals surface area contributed by atoms with Crippen LogP contribution in [0.1, 0.15) is 39.5 Å². The molecule has 0 radical (unpaired) electrons. The van der Waals surface area contributed by atoms with Crippen LogP contribution in [0.3, 0.4) is 0 Å². The summed E-state index contributed by atoms with van der Waals surface area (Å²) in [5.74, 6) is 2.47. The number of hydrogen-bond donors (Lipinski definition) is 1. The quantitative estimate of drug-likeness (QED) is 0.772. The monoisotopic (exact) mass is 277 g/mol. The van der Waals surface area contributed by atoms with Crippen LogP contribution in [0.2, 0.25) is 0 Å². The van der Waals surface area contributed by atoms with Crippen molar-refractivity contribution < 1.29 is 9.47 Å². The topological polar surface area (TPSA) is 30.5 Å². The van der Waals surface area contributed by atoms with Gasteiger partial charge in [0.1, 0.15) is 6.61 Å². The van der Waals surface area contributed by atoms with Crippen LogP contribution < -0.4 is 14.8 Å². The summed E-state index contributed by atoms with van der Waals surface area (Å²) in [5.41, 5.74) is 0. The van der Waals surface area contributed by atoms with Crippen molar-refractivity contribution in [2.75, 3.05) is 19.8 Å². The second kappa shape index (κ2) is 8.15. The molecule has 1 aliphatic carbocycles.